The molecule has 26 heavy (non-hydrogen) atoms. The Bertz CT molecular complexity index is 922. The largest absolute Gasteiger partial charge is 0.419 e. The van der Waals surface area contributed by atoms with Crippen molar-refractivity contribution in [3.8, 4) is 0 Å². The van der Waals surface area contributed by atoms with Crippen LogP contribution in [-0.2, 0) is 17.1 Å². The van der Waals surface area contributed by atoms with E-state index in [2.05, 4.69) is 23.5 Å². The molecule has 2 aromatic rings. The van der Waals surface area contributed by atoms with E-state index in [1.165, 1.54) is 23.1 Å². The first-order valence-electron chi connectivity index (χ1n) is 9.08. The van der Waals surface area contributed by atoms with Crippen molar-refractivity contribution in [1.29, 1.82) is 0 Å². The van der Waals surface area contributed by atoms with Crippen LogP contribution in [0.2, 0.25) is 0 Å². The van der Waals surface area contributed by atoms with Gasteiger partial charge >= 0.3 is 5.76 Å². The third-order valence-corrected chi connectivity index (χ3v) is 6.42. The van der Waals surface area contributed by atoms with E-state index in [9.17, 15) is 13.2 Å². The molecule has 1 aliphatic rings. The van der Waals surface area contributed by atoms with Gasteiger partial charge in [-0.25, -0.2) is 17.9 Å². The zero-order valence-electron chi connectivity index (χ0n) is 15.6. The molecule has 1 aliphatic heterocycles. The summed E-state index contributed by atoms with van der Waals surface area (Å²) in [6, 6.07) is 4.48. The molecule has 1 aromatic heterocycles. The van der Waals surface area contributed by atoms with Crippen LogP contribution >= 0.6 is 0 Å². The molecule has 1 N–H and O–H groups in total. The molecule has 0 amide bonds. The highest BCUT2D eigenvalue weighted by molar-refractivity contribution is 7.89. The topological polar surface area (TPSA) is 84.6 Å². The first-order chi connectivity index (χ1) is 12.3. The summed E-state index contributed by atoms with van der Waals surface area (Å²) in [7, 11) is -2.03. The van der Waals surface area contributed by atoms with E-state index in [0.717, 1.165) is 26.1 Å². The number of aryl methyl sites for hydroxylation is 1. The average molecular weight is 381 g/mol. The number of nitrogens with zero attached hydrogens (tertiary/aromatic N) is 2. The quantitative estimate of drug-likeness (QED) is 0.771. The maximum Gasteiger partial charge on any atom is 0.419 e. The van der Waals surface area contributed by atoms with Gasteiger partial charge < -0.3 is 9.32 Å². The zero-order valence-corrected chi connectivity index (χ0v) is 16.4. The summed E-state index contributed by atoms with van der Waals surface area (Å²) in [6.07, 6.45) is 2.03. The molecule has 1 aromatic carbocycles. The Morgan fingerprint density at radius 1 is 1.23 bits per heavy atom. The van der Waals surface area contributed by atoms with Crippen molar-refractivity contribution in [3.63, 3.8) is 0 Å². The molecule has 0 radical (unpaired) electrons. The lowest BCUT2D eigenvalue weighted by molar-refractivity contribution is 0.140. The van der Waals surface area contributed by atoms with Crippen molar-refractivity contribution in [2.45, 2.75) is 31.6 Å². The second-order valence-corrected chi connectivity index (χ2v) is 9.28. The average Bonchev–Trinajstić information content (AvgIpc) is 2.85. The number of aromatic nitrogens is 1. The van der Waals surface area contributed by atoms with Gasteiger partial charge in [0.1, 0.15) is 0 Å². The number of hydrogen-bond donors (Lipinski definition) is 1. The number of rotatable bonds is 6. The number of nitrogens with one attached hydrogen (secondary N) is 1. The van der Waals surface area contributed by atoms with E-state index in [0.29, 0.717) is 23.9 Å². The Hall–Kier alpha value is -1.64. The number of piperidine rings is 1. The van der Waals surface area contributed by atoms with Gasteiger partial charge in [0.25, 0.3) is 0 Å². The molecule has 8 heteroatoms. The van der Waals surface area contributed by atoms with Gasteiger partial charge in [-0.1, -0.05) is 13.8 Å². The molecule has 7 nitrogen and oxygen atoms in total. The van der Waals surface area contributed by atoms with Crippen LogP contribution in [-0.4, -0.2) is 44.1 Å². The van der Waals surface area contributed by atoms with Gasteiger partial charge in [-0.2, -0.15) is 0 Å². The van der Waals surface area contributed by atoms with Gasteiger partial charge in [-0.15, -0.1) is 0 Å². The van der Waals surface area contributed by atoms with Crippen LogP contribution in [0.3, 0.4) is 0 Å². The smallest absolute Gasteiger partial charge is 0.408 e. The first-order valence-corrected chi connectivity index (χ1v) is 10.6. The van der Waals surface area contributed by atoms with E-state index >= 15 is 0 Å². The minimum Gasteiger partial charge on any atom is -0.408 e. The SMILES string of the molecule is C[C@@H]1C[C@@H](C)CN(CCCNS(=O)(=O)c2ccc3c(c2)oc(=O)n3C)C1. The minimum absolute atomic E-state index is 0.111. The summed E-state index contributed by atoms with van der Waals surface area (Å²) >= 11 is 0. The van der Waals surface area contributed by atoms with Gasteiger partial charge in [0.05, 0.1) is 10.4 Å². The molecule has 3 rings (SSSR count). The summed E-state index contributed by atoms with van der Waals surface area (Å²) in [5, 5.41) is 0. The lowest BCUT2D eigenvalue weighted by Gasteiger charge is -2.34. The second-order valence-electron chi connectivity index (χ2n) is 7.51. The van der Waals surface area contributed by atoms with Crippen LogP contribution in [0.5, 0.6) is 0 Å². The molecule has 0 spiro atoms. The zero-order chi connectivity index (χ0) is 18.9. The van der Waals surface area contributed by atoms with Crippen molar-refractivity contribution < 1.29 is 12.8 Å². The molecule has 1 fully saturated rings. The fourth-order valence-corrected chi connectivity index (χ4v) is 4.94. The van der Waals surface area contributed by atoms with Crippen molar-refractivity contribution in [2.24, 2.45) is 18.9 Å². The summed E-state index contributed by atoms with van der Waals surface area (Å²) < 4.78 is 34.0. The van der Waals surface area contributed by atoms with Crippen molar-refractivity contribution in [3.05, 3.63) is 28.7 Å². The number of benzene rings is 1. The molecule has 0 bridgehead atoms. The molecular formula is C18H27N3O4S. The first kappa shape index (κ1) is 19.1. The van der Waals surface area contributed by atoms with E-state index in [1.54, 1.807) is 13.1 Å². The highest BCUT2D eigenvalue weighted by Gasteiger charge is 2.21. The predicted octanol–water partition coefficient (Wildman–Crippen LogP) is 1.78. The van der Waals surface area contributed by atoms with Crippen LogP contribution < -0.4 is 10.5 Å². The van der Waals surface area contributed by atoms with Crippen LogP contribution in [0.25, 0.3) is 11.1 Å². The van der Waals surface area contributed by atoms with E-state index in [4.69, 9.17) is 4.42 Å². The number of sulfonamides is 1. The summed E-state index contributed by atoms with van der Waals surface area (Å²) in [6.45, 7) is 7.98. The molecule has 0 saturated carbocycles. The lowest BCUT2D eigenvalue weighted by atomic mass is 9.92. The Morgan fingerprint density at radius 2 is 1.92 bits per heavy atom. The van der Waals surface area contributed by atoms with Gasteiger partial charge in [-0.3, -0.25) is 4.57 Å². The second kappa shape index (κ2) is 7.54. The number of fused-ring (bicyclic) bond motifs is 1. The standard InChI is InChI=1S/C18H27N3O4S/c1-13-9-14(2)12-21(11-13)8-4-7-19-26(23,24)15-5-6-16-17(10-15)25-18(22)20(16)3/h5-6,10,13-14,19H,4,7-9,11-12H2,1-3H3/t13-,14-/m1/s1. The minimum atomic E-state index is -3.62. The van der Waals surface area contributed by atoms with E-state index in [1.807, 2.05) is 0 Å². The third-order valence-electron chi connectivity index (χ3n) is 4.96. The van der Waals surface area contributed by atoms with Crippen LogP contribution in [0.15, 0.2) is 32.3 Å². The molecule has 2 heterocycles. The molecule has 1 saturated heterocycles. The fourth-order valence-electron chi connectivity index (χ4n) is 3.85. The Balaban J connectivity index is 1.58. The number of likely N-dealkylation sites (tertiary alicyclic amines) is 1. The summed E-state index contributed by atoms with van der Waals surface area (Å²) in [5.41, 5.74) is 0.846. The Morgan fingerprint density at radius 3 is 2.62 bits per heavy atom. The normalized spacial score (nSPS) is 22.1. The molecule has 0 aliphatic carbocycles. The lowest BCUT2D eigenvalue weighted by Crippen LogP contribution is -2.40. The predicted molar refractivity (Wildman–Crippen MR) is 101 cm³/mol. The molecule has 0 unspecified atom stereocenters. The molecule has 144 valence electrons. The third kappa shape index (κ3) is 4.19. The number of hydrogen-bond acceptors (Lipinski definition) is 5. The van der Waals surface area contributed by atoms with E-state index in [-0.39, 0.29) is 10.5 Å². The Kier molecular flexibility index (Phi) is 5.55. The number of oxazole rings is 1. The van der Waals surface area contributed by atoms with Crippen molar-refractivity contribution in [2.75, 3.05) is 26.2 Å². The van der Waals surface area contributed by atoms with E-state index < -0.39 is 15.8 Å². The highest BCUT2D eigenvalue weighted by Crippen LogP contribution is 2.21. The highest BCUT2D eigenvalue weighted by atomic mass is 32.2. The summed E-state index contributed by atoms with van der Waals surface area (Å²) in [4.78, 5) is 14.1. The molecule has 2 atom stereocenters. The maximum absolute atomic E-state index is 12.5. The van der Waals surface area contributed by atoms with Crippen LogP contribution in [0.1, 0.15) is 26.7 Å². The van der Waals surface area contributed by atoms with Crippen LogP contribution in [0.4, 0.5) is 0 Å². The monoisotopic (exact) mass is 381 g/mol. The maximum atomic E-state index is 12.5. The van der Waals surface area contributed by atoms with Gasteiger partial charge in [-0.05, 0) is 43.4 Å². The summed E-state index contributed by atoms with van der Waals surface area (Å²) in [5.74, 6) is 0.887. The van der Waals surface area contributed by atoms with Crippen molar-refractivity contribution >= 4 is 21.1 Å². The Labute approximate surface area is 154 Å². The van der Waals surface area contributed by atoms with Crippen molar-refractivity contribution in [1.82, 2.24) is 14.2 Å². The van der Waals surface area contributed by atoms with Crippen LogP contribution in [0, 0.1) is 11.8 Å². The van der Waals surface area contributed by atoms with Gasteiger partial charge in [0.2, 0.25) is 10.0 Å². The fraction of sp³-hybridized carbons (Fsp3) is 0.611. The molecular weight excluding hydrogens is 354 g/mol. The van der Waals surface area contributed by atoms with Gasteiger partial charge in [0, 0.05) is 32.7 Å². The van der Waals surface area contributed by atoms with Gasteiger partial charge in [0.15, 0.2) is 5.58 Å².